The minimum Gasteiger partial charge on any atom is -0.335 e. The van der Waals surface area contributed by atoms with Gasteiger partial charge in [0.2, 0.25) is 5.52 Å². The van der Waals surface area contributed by atoms with Crippen molar-refractivity contribution in [1.82, 2.24) is 4.74 Å². The highest BCUT2D eigenvalue weighted by atomic mass is 32.1. The zero-order valence-corrected chi connectivity index (χ0v) is 16.0. The molecule has 0 aliphatic carbocycles. The number of hydrogen-bond donors (Lipinski definition) is 0. The second-order valence-electron chi connectivity index (χ2n) is 6.25. The number of aromatic nitrogens is 2. The molecule has 0 atom stereocenters. The molecule has 28 heavy (non-hydrogen) atoms. The highest BCUT2D eigenvalue weighted by Gasteiger charge is 2.19. The first-order valence-electron chi connectivity index (χ1n) is 8.46. The number of thiazole rings is 1. The summed E-state index contributed by atoms with van der Waals surface area (Å²) in [5, 5.41) is 11.9. The van der Waals surface area contributed by atoms with Crippen molar-refractivity contribution in [2.75, 3.05) is 0 Å². The molecule has 0 unspecified atom stereocenters. The van der Waals surface area contributed by atoms with Crippen molar-refractivity contribution in [2.45, 2.75) is 0 Å². The van der Waals surface area contributed by atoms with Gasteiger partial charge < -0.3 is 4.52 Å². The number of non-ortho nitro benzene ring substituents is 1. The second-order valence-corrected chi connectivity index (χ2v) is 7.31. The zero-order valence-electron chi connectivity index (χ0n) is 15.2. The summed E-state index contributed by atoms with van der Waals surface area (Å²) in [6.07, 6.45) is 3.56. The Morgan fingerprint density at radius 1 is 1.18 bits per heavy atom. The average Bonchev–Trinajstić information content (AvgIpc) is 3.15. The molecule has 0 bridgehead atoms. The average molecular weight is 394 g/mol. The summed E-state index contributed by atoms with van der Waals surface area (Å²) < 4.78 is 9.46. The van der Waals surface area contributed by atoms with E-state index in [0.29, 0.717) is 11.3 Å². The number of fused-ring (bicyclic) bond motifs is 1. The summed E-state index contributed by atoms with van der Waals surface area (Å²) in [6.45, 7) is 0. The summed E-state index contributed by atoms with van der Waals surface area (Å²) in [4.78, 5) is 22.9. The van der Waals surface area contributed by atoms with Gasteiger partial charge in [-0.3, -0.25) is 10.1 Å². The van der Waals surface area contributed by atoms with Gasteiger partial charge in [-0.15, -0.1) is 0 Å². The summed E-state index contributed by atoms with van der Waals surface area (Å²) in [7, 11) is 3.58. The van der Waals surface area contributed by atoms with Crippen LogP contribution in [0.5, 0.6) is 0 Å². The van der Waals surface area contributed by atoms with Gasteiger partial charge in [-0.1, -0.05) is 41.7 Å². The number of aryl methyl sites for hydroxylation is 2. The monoisotopic (exact) mass is 394 g/mol. The highest BCUT2D eigenvalue weighted by Crippen LogP contribution is 2.27. The number of nitro groups is 1. The fourth-order valence-corrected chi connectivity index (χ4v) is 4.23. The molecule has 0 fully saturated rings. The topological polar surface area (TPSA) is 82.2 Å². The minimum absolute atomic E-state index is 0.0555. The van der Waals surface area contributed by atoms with Crippen LogP contribution in [-0.4, -0.2) is 9.66 Å². The van der Waals surface area contributed by atoms with Gasteiger partial charge in [0.15, 0.2) is 0 Å². The number of rotatable bonds is 4. The van der Waals surface area contributed by atoms with Gasteiger partial charge in [0, 0.05) is 36.9 Å². The predicted octanol–water partition coefficient (Wildman–Crippen LogP) is 3.76. The lowest BCUT2D eigenvalue weighted by molar-refractivity contribution is -0.642. The summed E-state index contributed by atoms with van der Waals surface area (Å²) in [6, 6.07) is 14.3. The first kappa shape index (κ1) is 17.9. The van der Waals surface area contributed by atoms with E-state index in [1.54, 1.807) is 25.3 Å². The van der Waals surface area contributed by atoms with Crippen LogP contribution < -0.4 is 10.2 Å². The van der Waals surface area contributed by atoms with Gasteiger partial charge in [0.05, 0.1) is 16.2 Å². The van der Waals surface area contributed by atoms with Gasteiger partial charge in [-0.2, -0.15) is 4.57 Å². The SMILES string of the molecule is Cn1oc(=O)c(C=Cc2sc3cc([N+](=O)[O-])ccc3[n+]2C)c1-c1ccccc1. The normalized spacial score (nSPS) is 11.5. The zero-order chi connectivity index (χ0) is 19.8. The van der Waals surface area contributed by atoms with E-state index >= 15 is 0 Å². The molecule has 4 rings (SSSR count). The number of nitrogens with zero attached hydrogens (tertiary/aromatic N) is 3. The van der Waals surface area contributed by atoms with Crippen LogP contribution in [0.4, 0.5) is 5.69 Å². The van der Waals surface area contributed by atoms with E-state index in [1.165, 1.54) is 22.1 Å². The molecule has 0 N–H and O–H groups in total. The van der Waals surface area contributed by atoms with Crippen molar-refractivity contribution in [3.05, 3.63) is 79.6 Å². The van der Waals surface area contributed by atoms with Gasteiger partial charge in [-0.25, -0.2) is 9.53 Å². The Kier molecular flexibility index (Phi) is 4.40. The molecule has 2 aromatic carbocycles. The smallest absolute Gasteiger partial charge is 0.335 e. The molecule has 2 heterocycles. The summed E-state index contributed by atoms with van der Waals surface area (Å²) in [5.41, 5.74) is 2.56. The third-order valence-corrected chi connectivity index (χ3v) is 5.68. The standard InChI is InChI=1S/C20H16N3O4S/c1-21-16-10-8-14(23(25)26)12-17(16)28-18(21)11-9-15-19(22(2)27-20(15)24)13-6-4-3-5-7-13/h3-12H,1-2H3/q+1. The van der Waals surface area contributed by atoms with Gasteiger partial charge in [-0.05, 0) is 6.08 Å². The van der Waals surface area contributed by atoms with Crippen LogP contribution in [-0.2, 0) is 14.1 Å². The van der Waals surface area contributed by atoms with E-state index in [9.17, 15) is 14.9 Å². The third-order valence-electron chi connectivity index (χ3n) is 4.51. The van der Waals surface area contributed by atoms with Gasteiger partial charge in [0.25, 0.3) is 10.7 Å². The molecule has 7 nitrogen and oxygen atoms in total. The molecule has 0 aliphatic rings. The van der Waals surface area contributed by atoms with E-state index < -0.39 is 10.5 Å². The molecular weight excluding hydrogens is 378 g/mol. The van der Waals surface area contributed by atoms with E-state index in [0.717, 1.165) is 20.8 Å². The quantitative estimate of drug-likeness (QED) is 0.300. The molecule has 2 aromatic heterocycles. The van der Waals surface area contributed by atoms with Crippen LogP contribution in [0.25, 0.3) is 33.6 Å². The Morgan fingerprint density at radius 2 is 1.93 bits per heavy atom. The molecule has 0 saturated carbocycles. The highest BCUT2D eigenvalue weighted by molar-refractivity contribution is 7.18. The second kappa shape index (κ2) is 6.90. The van der Waals surface area contributed by atoms with E-state index in [4.69, 9.17) is 4.52 Å². The van der Waals surface area contributed by atoms with Gasteiger partial charge in [0.1, 0.15) is 11.7 Å². The van der Waals surface area contributed by atoms with Gasteiger partial charge >= 0.3 is 5.63 Å². The lowest BCUT2D eigenvalue weighted by atomic mass is 10.1. The minimum atomic E-state index is -0.419. The largest absolute Gasteiger partial charge is 0.365 e. The number of nitro benzene ring substituents is 1. The van der Waals surface area contributed by atoms with Crippen molar-refractivity contribution in [2.24, 2.45) is 14.1 Å². The molecule has 0 saturated heterocycles. The molecular formula is C20H16N3O4S+. The maximum absolute atomic E-state index is 12.3. The Hall–Kier alpha value is -3.52. The molecule has 140 valence electrons. The molecule has 0 spiro atoms. The van der Waals surface area contributed by atoms with Crippen LogP contribution in [0.1, 0.15) is 10.6 Å². The van der Waals surface area contributed by atoms with Crippen molar-refractivity contribution >= 4 is 39.4 Å². The Balaban J connectivity index is 1.79. The van der Waals surface area contributed by atoms with Crippen molar-refractivity contribution in [1.29, 1.82) is 0 Å². The number of benzene rings is 2. The van der Waals surface area contributed by atoms with E-state index in [2.05, 4.69) is 0 Å². The first-order valence-corrected chi connectivity index (χ1v) is 9.28. The third kappa shape index (κ3) is 3.03. The lowest BCUT2D eigenvalue weighted by Crippen LogP contribution is -2.28. The molecule has 0 radical (unpaired) electrons. The Morgan fingerprint density at radius 3 is 2.64 bits per heavy atom. The fourth-order valence-electron chi connectivity index (χ4n) is 3.14. The maximum atomic E-state index is 12.3. The Labute approximate surface area is 163 Å². The van der Waals surface area contributed by atoms with Crippen LogP contribution in [0.3, 0.4) is 0 Å². The van der Waals surface area contributed by atoms with Crippen molar-refractivity contribution < 1.29 is 14.0 Å². The maximum Gasteiger partial charge on any atom is 0.365 e. The van der Waals surface area contributed by atoms with Crippen LogP contribution in [0, 0.1) is 10.1 Å². The molecule has 0 aliphatic heterocycles. The number of hydrogen-bond acceptors (Lipinski definition) is 5. The molecule has 0 amide bonds. The first-order chi connectivity index (χ1) is 13.5. The fraction of sp³-hybridized carbons (Fsp3) is 0.100. The van der Waals surface area contributed by atoms with E-state index in [1.807, 2.05) is 48.0 Å². The molecule has 8 heteroatoms. The predicted molar refractivity (Wildman–Crippen MR) is 108 cm³/mol. The van der Waals surface area contributed by atoms with E-state index in [-0.39, 0.29) is 5.69 Å². The Bertz CT molecular complexity index is 1280. The summed E-state index contributed by atoms with van der Waals surface area (Å²) >= 11 is 1.42. The molecule has 4 aromatic rings. The summed E-state index contributed by atoms with van der Waals surface area (Å²) in [5.74, 6) is 0. The van der Waals surface area contributed by atoms with Crippen molar-refractivity contribution in [3.8, 4) is 11.3 Å². The van der Waals surface area contributed by atoms with Crippen molar-refractivity contribution in [3.63, 3.8) is 0 Å². The van der Waals surface area contributed by atoms with Crippen LogP contribution in [0.2, 0.25) is 0 Å². The lowest BCUT2D eigenvalue weighted by Gasteiger charge is -2.01. The van der Waals surface area contributed by atoms with Crippen LogP contribution in [0.15, 0.2) is 57.8 Å². The van der Waals surface area contributed by atoms with Crippen LogP contribution >= 0.6 is 11.3 Å².